The Morgan fingerprint density at radius 2 is 1.18 bits per heavy atom. The Hall–Kier alpha value is -7.24. The van der Waals surface area contributed by atoms with Crippen LogP contribution in [-0.4, -0.2) is 11.3 Å². The maximum atomic E-state index is 7.02. The van der Waals surface area contributed by atoms with Crippen molar-refractivity contribution in [2.45, 2.75) is 85.5 Å². The van der Waals surface area contributed by atoms with Crippen LogP contribution in [0, 0.1) is 13.8 Å². The lowest BCUT2D eigenvalue weighted by atomic mass is 9.33. The molecule has 2 aromatic heterocycles. The molecule has 0 N–H and O–H groups in total. The molecule has 4 heterocycles. The van der Waals surface area contributed by atoms with Crippen LogP contribution in [-0.2, 0) is 16.2 Å². The van der Waals surface area contributed by atoms with Crippen molar-refractivity contribution in [2.75, 3.05) is 9.80 Å². The molecule has 3 aliphatic rings. The molecule has 4 nitrogen and oxygen atoms in total. The van der Waals surface area contributed by atoms with Crippen molar-refractivity contribution in [1.82, 2.24) is 4.57 Å². The summed E-state index contributed by atoms with van der Waals surface area (Å²) in [7, 11) is 0. The molecule has 0 spiro atoms. The van der Waals surface area contributed by atoms with Crippen LogP contribution in [0.1, 0.15) is 88.8 Å². The summed E-state index contributed by atoms with van der Waals surface area (Å²) in [5, 5.41) is 3.61. The van der Waals surface area contributed by atoms with Gasteiger partial charge in [0.25, 0.3) is 6.71 Å². The van der Waals surface area contributed by atoms with Crippen LogP contribution < -0.4 is 26.2 Å². The van der Waals surface area contributed by atoms with Gasteiger partial charge in [0, 0.05) is 66.8 Å². The lowest BCUT2D eigenvalue weighted by Crippen LogP contribution is -2.60. The van der Waals surface area contributed by atoms with Crippen molar-refractivity contribution in [3.63, 3.8) is 0 Å². The molecule has 2 aliphatic heterocycles. The van der Waals surface area contributed by atoms with E-state index in [1.165, 1.54) is 83.3 Å². The summed E-state index contributed by atoms with van der Waals surface area (Å²) in [5.41, 5.74) is 25.3. The number of rotatable bonds is 4. The van der Waals surface area contributed by atoms with E-state index in [0.717, 1.165) is 50.4 Å². The SMILES string of the molecule is Cc1ccccc1N(c1ccc2c(c1)N(c1cccc3c1oc1ccccc13)c1cc(C(C)(C)C)cc3c1B2c1cc(C(C)(C)C)cc2c4c(n-3c12)-c1ccccc1C4(C)C)c1ccccc1C. The standard InChI is InChI=1S/C63H56BN3O/c1-37-20-11-16-26-49(37)65(50-27-17-12-21-38(50)2)41-30-31-47-52(36-41)66(51-28-19-24-43-42-22-14-18-29-55(42)68-60(43)51)53-34-40(62(6,7)8)35-54-57(53)64(47)48-33-39(61(3,4)5)32-45-56-59(67(54)58(45)48)44-23-13-15-25-46(44)63(56,9)10/h11-36H,1-10H3. The summed E-state index contributed by atoms with van der Waals surface area (Å²) >= 11 is 0. The van der Waals surface area contributed by atoms with E-state index in [4.69, 9.17) is 4.42 Å². The van der Waals surface area contributed by atoms with Gasteiger partial charge in [-0.25, -0.2) is 0 Å². The number of benzene rings is 8. The topological polar surface area (TPSA) is 24.6 Å². The highest BCUT2D eigenvalue weighted by Gasteiger charge is 2.48. The molecule has 5 heteroatoms. The fourth-order valence-corrected chi connectivity index (χ4v) is 12.2. The van der Waals surface area contributed by atoms with Crippen LogP contribution in [0.25, 0.3) is 49.8 Å². The molecule has 8 aromatic carbocycles. The van der Waals surface area contributed by atoms with Gasteiger partial charge in [-0.1, -0.05) is 159 Å². The molecular weight excluding hydrogens is 826 g/mol. The summed E-state index contributed by atoms with van der Waals surface area (Å²) in [6.07, 6.45) is 0. The van der Waals surface area contributed by atoms with Gasteiger partial charge in [-0.05, 0) is 129 Å². The van der Waals surface area contributed by atoms with Crippen LogP contribution in [0.4, 0.5) is 34.1 Å². The van der Waals surface area contributed by atoms with Gasteiger partial charge < -0.3 is 18.8 Å². The molecule has 0 saturated carbocycles. The number of para-hydroxylation sites is 4. The smallest absolute Gasteiger partial charge is 0.252 e. The second kappa shape index (κ2) is 13.9. The van der Waals surface area contributed by atoms with Crippen molar-refractivity contribution in [3.05, 3.63) is 191 Å². The predicted molar refractivity (Wildman–Crippen MR) is 289 cm³/mol. The molecule has 0 unspecified atom stereocenters. The Bertz CT molecular complexity index is 3750. The maximum absolute atomic E-state index is 7.02. The number of nitrogens with zero attached hydrogens (tertiary/aromatic N) is 3. The van der Waals surface area contributed by atoms with E-state index in [-0.39, 0.29) is 23.0 Å². The average Bonchev–Trinajstić information content (AvgIpc) is 3.95. The van der Waals surface area contributed by atoms with Crippen molar-refractivity contribution in [3.8, 4) is 16.9 Å². The molecule has 0 radical (unpaired) electrons. The lowest BCUT2D eigenvalue weighted by Gasteiger charge is -2.42. The maximum Gasteiger partial charge on any atom is 0.252 e. The second-order valence-corrected chi connectivity index (χ2v) is 22.3. The van der Waals surface area contributed by atoms with Crippen LogP contribution in [0.15, 0.2) is 162 Å². The van der Waals surface area contributed by atoms with Crippen LogP contribution >= 0.6 is 0 Å². The lowest BCUT2D eigenvalue weighted by molar-refractivity contribution is 0.590. The van der Waals surface area contributed by atoms with Crippen LogP contribution in [0.5, 0.6) is 0 Å². The molecule has 0 bridgehead atoms. The van der Waals surface area contributed by atoms with E-state index in [9.17, 15) is 0 Å². The highest BCUT2D eigenvalue weighted by atomic mass is 16.3. The summed E-state index contributed by atoms with van der Waals surface area (Å²) in [4.78, 5) is 5.03. The first-order chi connectivity index (χ1) is 32.6. The number of furan rings is 1. The Morgan fingerprint density at radius 3 is 1.90 bits per heavy atom. The third kappa shape index (κ3) is 5.56. The first-order valence-corrected chi connectivity index (χ1v) is 24.4. The minimum Gasteiger partial charge on any atom is -0.454 e. The highest BCUT2D eigenvalue weighted by Crippen LogP contribution is 2.56. The zero-order valence-corrected chi connectivity index (χ0v) is 40.8. The average molecular weight is 882 g/mol. The van der Waals surface area contributed by atoms with Gasteiger partial charge in [-0.15, -0.1) is 0 Å². The van der Waals surface area contributed by atoms with Crippen molar-refractivity contribution in [2.24, 2.45) is 0 Å². The van der Waals surface area contributed by atoms with E-state index in [0.29, 0.717) is 0 Å². The van der Waals surface area contributed by atoms with Gasteiger partial charge in [-0.2, -0.15) is 0 Å². The molecule has 0 fully saturated rings. The molecule has 68 heavy (non-hydrogen) atoms. The minimum atomic E-state index is -0.196. The zero-order chi connectivity index (χ0) is 46.8. The molecule has 0 atom stereocenters. The van der Waals surface area contributed by atoms with Crippen molar-refractivity contribution < 1.29 is 4.42 Å². The third-order valence-electron chi connectivity index (χ3n) is 15.7. The van der Waals surface area contributed by atoms with Crippen molar-refractivity contribution in [1.29, 1.82) is 0 Å². The molecule has 0 amide bonds. The number of aromatic nitrogens is 1. The summed E-state index contributed by atoms with van der Waals surface area (Å²) < 4.78 is 9.71. The largest absolute Gasteiger partial charge is 0.454 e. The van der Waals surface area contributed by atoms with Gasteiger partial charge in [0.1, 0.15) is 5.58 Å². The Kier molecular flexibility index (Phi) is 8.39. The Balaban J connectivity index is 1.21. The Labute approximate surface area is 400 Å². The second-order valence-electron chi connectivity index (χ2n) is 22.3. The number of anilines is 6. The van der Waals surface area contributed by atoms with Gasteiger partial charge >= 0.3 is 0 Å². The van der Waals surface area contributed by atoms with Crippen molar-refractivity contribution >= 4 is 90.1 Å². The van der Waals surface area contributed by atoms with Crippen LogP contribution in [0.2, 0.25) is 0 Å². The molecule has 0 saturated heterocycles. The molecule has 10 aromatic rings. The van der Waals surface area contributed by atoms with E-state index in [2.05, 4.69) is 241 Å². The van der Waals surface area contributed by atoms with Crippen LogP contribution in [0.3, 0.4) is 0 Å². The van der Waals surface area contributed by atoms with E-state index >= 15 is 0 Å². The minimum absolute atomic E-state index is 0.0414. The first-order valence-electron chi connectivity index (χ1n) is 24.4. The number of hydrogen-bond donors (Lipinski definition) is 0. The normalized spacial score (nSPS) is 14.4. The molecule has 1 aliphatic carbocycles. The van der Waals surface area contributed by atoms with E-state index < -0.39 is 0 Å². The molecule has 13 rings (SSSR count). The summed E-state index contributed by atoms with van der Waals surface area (Å²) in [6.45, 7) is 23.5. The van der Waals surface area contributed by atoms with Gasteiger partial charge in [0.05, 0.1) is 11.4 Å². The zero-order valence-electron chi connectivity index (χ0n) is 40.8. The quantitative estimate of drug-likeness (QED) is 0.165. The third-order valence-corrected chi connectivity index (χ3v) is 15.7. The van der Waals surface area contributed by atoms with Gasteiger partial charge in [-0.3, -0.25) is 0 Å². The monoisotopic (exact) mass is 881 g/mol. The van der Waals surface area contributed by atoms with Gasteiger partial charge in [0.2, 0.25) is 0 Å². The fraction of sp³-hybridized carbons (Fsp3) is 0.206. The number of fused-ring (bicyclic) bond motifs is 12. The van der Waals surface area contributed by atoms with E-state index in [1.54, 1.807) is 0 Å². The Morgan fingerprint density at radius 1 is 0.544 bits per heavy atom. The number of aryl methyl sites for hydroxylation is 2. The highest BCUT2D eigenvalue weighted by molar-refractivity contribution is 7.00. The predicted octanol–water partition coefficient (Wildman–Crippen LogP) is 15.1. The molecular formula is C63H56BN3O. The first kappa shape index (κ1) is 41.0. The van der Waals surface area contributed by atoms with Gasteiger partial charge in [0.15, 0.2) is 5.58 Å². The fourth-order valence-electron chi connectivity index (χ4n) is 12.2. The van der Waals surface area contributed by atoms with E-state index in [1.807, 2.05) is 0 Å². The summed E-state index contributed by atoms with van der Waals surface area (Å²) in [5.74, 6) is 0. The summed E-state index contributed by atoms with van der Waals surface area (Å²) in [6, 6.07) is 59.4. The number of hydrogen-bond acceptors (Lipinski definition) is 3. The molecule has 332 valence electrons.